The van der Waals surface area contributed by atoms with Gasteiger partial charge in [0.2, 0.25) is 0 Å². The molecule has 0 bridgehead atoms. The van der Waals surface area contributed by atoms with Crippen molar-refractivity contribution < 1.29 is 22.6 Å². The highest BCUT2D eigenvalue weighted by Gasteiger charge is 2.29. The van der Waals surface area contributed by atoms with Crippen LogP contribution in [0.15, 0.2) is 49.1 Å². The maximum absolute atomic E-state index is 14.4. The van der Waals surface area contributed by atoms with Crippen LogP contribution < -0.4 is 16.4 Å². The minimum absolute atomic E-state index is 0.153. The van der Waals surface area contributed by atoms with Crippen LogP contribution in [0.4, 0.5) is 14.5 Å². The van der Waals surface area contributed by atoms with Gasteiger partial charge in [-0.1, -0.05) is 52.5 Å². The van der Waals surface area contributed by atoms with Crippen molar-refractivity contribution in [3.8, 4) is 0 Å². The predicted octanol–water partition coefficient (Wildman–Crippen LogP) is 6.21. The van der Waals surface area contributed by atoms with E-state index in [9.17, 15) is 22.6 Å². The molecule has 1 aliphatic rings. The molecule has 220 valence electrons. The van der Waals surface area contributed by atoms with Crippen molar-refractivity contribution in [3.63, 3.8) is 0 Å². The van der Waals surface area contributed by atoms with E-state index < -0.39 is 28.4 Å². The fraction of sp³-hybridized carbons (Fsp3) is 0.333. The summed E-state index contributed by atoms with van der Waals surface area (Å²) in [5.74, 6) is -1.05. The van der Waals surface area contributed by atoms with Gasteiger partial charge in [0, 0.05) is 51.0 Å². The number of nitrogens with one attached hydrogen (secondary N) is 3. The number of allylic oxidation sites excluding steroid dienone is 4. The molecule has 0 radical (unpaired) electrons. The maximum Gasteiger partial charge on any atom is 0.256 e. The van der Waals surface area contributed by atoms with E-state index in [1.807, 2.05) is 27.8 Å². The normalized spacial score (nSPS) is 13.9. The van der Waals surface area contributed by atoms with Gasteiger partial charge in [-0.15, -0.1) is 0 Å². The number of hydrogen-bond acceptors (Lipinski definition) is 4. The van der Waals surface area contributed by atoms with Crippen molar-refractivity contribution in [3.05, 3.63) is 82.7 Å². The molecule has 10 heteroatoms. The molecule has 40 heavy (non-hydrogen) atoms. The Morgan fingerprint density at radius 2 is 1.80 bits per heavy atom. The lowest BCUT2D eigenvalue weighted by molar-refractivity contribution is -0.110. The SMILES string of the molecule is C=C/C=C(F)\C(=C\F)c1cccc2c1/C(=C/c1[nH]c(C)c(C(N)=O)c1C)C(=O)N2.CC.CCNC.CCS(C)=O. The smallest absolute Gasteiger partial charge is 0.256 e. The number of carbonyl (C=O) groups is 2. The van der Waals surface area contributed by atoms with Gasteiger partial charge >= 0.3 is 0 Å². The Kier molecular flexibility index (Phi) is 16.9. The second kappa shape index (κ2) is 18.6. The summed E-state index contributed by atoms with van der Waals surface area (Å²) in [6, 6.07) is 4.76. The Labute approximate surface area is 239 Å². The van der Waals surface area contributed by atoms with Gasteiger partial charge in [-0.3, -0.25) is 13.8 Å². The van der Waals surface area contributed by atoms with E-state index in [4.69, 9.17) is 5.73 Å². The molecule has 1 aromatic carbocycles. The van der Waals surface area contributed by atoms with Gasteiger partial charge in [0.05, 0.1) is 17.5 Å². The predicted molar refractivity (Wildman–Crippen MR) is 166 cm³/mol. The minimum Gasteiger partial charge on any atom is -0.366 e. The van der Waals surface area contributed by atoms with E-state index in [2.05, 4.69) is 29.1 Å². The molecule has 1 atom stereocenters. The molecule has 0 spiro atoms. The first-order valence-electron chi connectivity index (χ1n) is 12.9. The number of aromatic amines is 1. The molecule has 2 heterocycles. The summed E-state index contributed by atoms with van der Waals surface area (Å²) in [7, 11) is 1.36. The lowest BCUT2D eigenvalue weighted by Crippen LogP contribution is -2.12. The van der Waals surface area contributed by atoms with Crippen LogP contribution in [0.2, 0.25) is 0 Å². The summed E-state index contributed by atoms with van der Waals surface area (Å²) < 4.78 is 37.9. The number of rotatable bonds is 7. The summed E-state index contributed by atoms with van der Waals surface area (Å²) >= 11 is 0. The summed E-state index contributed by atoms with van der Waals surface area (Å²) in [6.07, 6.45) is 5.64. The van der Waals surface area contributed by atoms with Crippen molar-refractivity contribution >= 4 is 45.5 Å². The number of H-pyrrole nitrogens is 1. The van der Waals surface area contributed by atoms with Crippen LogP contribution >= 0.6 is 0 Å². The molecule has 3 rings (SSSR count). The number of amides is 2. The number of primary amides is 1. The molecule has 5 N–H and O–H groups in total. The zero-order chi connectivity index (χ0) is 31.0. The first kappa shape index (κ1) is 36.4. The van der Waals surface area contributed by atoms with Crippen LogP contribution in [-0.2, 0) is 15.6 Å². The zero-order valence-corrected chi connectivity index (χ0v) is 25.4. The topological polar surface area (TPSA) is 117 Å². The summed E-state index contributed by atoms with van der Waals surface area (Å²) in [5, 5.41) is 5.63. The highest BCUT2D eigenvalue weighted by Crippen LogP contribution is 2.41. The van der Waals surface area contributed by atoms with Crippen molar-refractivity contribution in [1.29, 1.82) is 0 Å². The van der Waals surface area contributed by atoms with Crippen LogP contribution in [0.25, 0.3) is 17.2 Å². The number of carbonyl (C=O) groups excluding carboxylic acids is 2. The lowest BCUT2D eigenvalue weighted by Gasteiger charge is -2.10. The molecule has 0 fully saturated rings. The Hall–Kier alpha value is -3.63. The fourth-order valence-electron chi connectivity index (χ4n) is 3.48. The average molecular weight is 577 g/mol. The zero-order valence-electron chi connectivity index (χ0n) is 24.6. The Morgan fingerprint density at radius 3 is 2.23 bits per heavy atom. The largest absolute Gasteiger partial charge is 0.366 e. The Balaban J connectivity index is 0.00000119. The summed E-state index contributed by atoms with van der Waals surface area (Å²) in [5.41, 5.74) is 8.33. The van der Waals surface area contributed by atoms with Crippen molar-refractivity contribution in [1.82, 2.24) is 10.3 Å². The van der Waals surface area contributed by atoms with Crippen LogP contribution in [0.1, 0.15) is 66.1 Å². The van der Waals surface area contributed by atoms with E-state index in [1.165, 1.54) is 12.1 Å². The van der Waals surface area contributed by atoms with Gasteiger partial charge in [0.1, 0.15) is 5.83 Å². The monoisotopic (exact) mass is 576 g/mol. The Morgan fingerprint density at radius 1 is 1.23 bits per heavy atom. The third-order valence-electron chi connectivity index (χ3n) is 5.52. The Bertz CT molecular complexity index is 1290. The highest BCUT2D eigenvalue weighted by molar-refractivity contribution is 7.84. The third-order valence-corrected chi connectivity index (χ3v) is 6.33. The van der Waals surface area contributed by atoms with E-state index in [0.29, 0.717) is 33.8 Å². The molecule has 7 nitrogen and oxygen atoms in total. The van der Waals surface area contributed by atoms with Crippen LogP contribution in [-0.4, -0.2) is 46.6 Å². The molecule has 2 aromatic rings. The quantitative estimate of drug-likeness (QED) is 0.232. The third kappa shape index (κ3) is 9.84. The number of anilines is 1. The molecule has 1 unspecified atom stereocenters. The van der Waals surface area contributed by atoms with Crippen molar-refractivity contribution in [2.75, 3.05) is 30.9 Å². The number of aryl methyl sites for hydroxylation is 1. The van der Waals surface area contributed by atoms with Crippen molar-refractivity contribution in [2.24, 2.45) is 5.73 Å². The van der Waals surface area contributed by atoms with Crippen LogP contribution in [0, 0.1) is 13.8 Å². The van der Waals surface area contributed by atoms with Gasteiger partial charge in [0.25, 0.3) is 11.8 Å². The second-order valence-corrected chi connectivity index (χ2v) is 9.83. The molecule has 0 saturated carbocycles. The van der Waals surface area contributed by atoms with Crippen LogP contribution in [0.5, 0.6) is 0 Å². The number of benzene rings is 1. The summed E-state index contributed by atoms with van der Waals surface area (Å²) in [6.45, 7) is 15.9. The van der Waals surface area contributed by atoms with E-state index in [-0.39, 0.29) is 23.0 Å². The second-order valence-electron chi connectivity index (χ2n) is 8.11. The number of hydrogen-bond donors (Lipinski definition) is 4. The standard InChI is InChI=1S/C22H19F2N3O2.C3H9N.C3H8OS.C2H6/c1-4-6-16(24)15(10-23)13-7-5-8-17-20(13)14(22(29)27-17)9-18-11(2)19(21(25)28)12(3)26-18;1-3-4-2;1-3-5(2)4;1-2/h4-10,26H,1H2,2-3H3,(H2,25,28)(H,27,29);4H,3H2,1-2H3;3H2,1-2H3;1-2H3/b14-9-,15-10+,16-6+;;;. The molecule has 1 aromatic heterocycles. The lowest BCUT2D eigenvalue weighted by atomic mass is 9.93. The number of aromatic nitrogens is 1. The average Bonchev–Trinajstić information content (AvgIpc) is 3.40. The van der Waals surface area contributed by atoms with Gasteiger partial charge in [-0.25, -0.2) is 8.78 Å². The molecule has 0 saturated heterocycles. The molecular formula is C30H42F2N4O3S. The highest BCUT2D eigenvalue weighted by atomic mass is 32.2. The minimum atomic E-state index is -0.822. The molecule has 0 aliphatic carbocycles. The van der Waals surface area contributed by atoms with E-state index in [1.54, 1.807) is 38.3 Å². The van der Waals surface area contributed by atoms with Gasteiger partial charge in [-0.05, 0) is 56.8 Å². The number of fused-ring (bicyclic) bond motifs is 1. The summed E-state index contributed by atoms with van der Waals surface area (Å²) in [4.78, 5) is 27.3. The van der Waals surface area contributed by atoms with Crippen molar-refractivity contribution in [2.45, 2.75) is 41.5 Å². The first-order valence-corrected chi connectivity index (χ1v) is 14.6. The molecule has 1 aliphatic heterocycles. The fourth-order valence-corrected chi connectivity index (χ4v) is 3.48. The molecular weight excluding hydrogens is 534 g/mol. The van der Waals surface area contributed by atoms with Crippen LogP contribution in [0.3, 0.4) is 0 Å². The maximum atomic E-state index is 14.4. The first-order chi connectivity index (χ1) is 19.0. The number of nitrogens with two attached hydrogens (primary N) is 1. The number of halogens is 2. The van der Waals surface area contributed by atoms with E-state index in [0.717, 1.165) is 18.4 Å². The van der Waals surface area contributed by atoms with Gasteiger partial charge in [0.15, 0.2) is 0 Å². The van der Waals surface area contributed by atoms with Gasteiger partial charge in [-0.2, -0.15) is 0 Å². The van der Waals surface area contributed by atoms with Gasteiger partial charge < -0.3 is 21.4 Å². The molecule has 2 amide bonds. The van der Waals surface area contributed by atoms with E-state index >= 15 is 0 Å².